The van der Waals surface area contributed by atoms with Crippen molar-refractivity contribution < 1.29 is 13.6 Å². The number of thioether (sulfide) groups is 1. The number of rotatable bonds is 7. The maximum absolute atomic E-state index is 13.7. The van der Waals surface area contributed by atoms with Crippen LogP contribution in [0, 0.1) is 11.6 Å². The maximum atomic E-state index is 13.7. The highest BCUT2D eigenvalue weighted by Gasteiger charge is 2.14. The highest BCUT2D eigenvalue weighted by Crippen LogP contribution is 2.20. The molecule has 0 heterocycles. The summed E-state index contributed by atoms with van der Waals surface area (Å²) < 4.78 is 27.4. The van der Waals surface area contributed by atoms with Gasteiger partial charge in [0.2, 0.25) is 0 Å². The number of hydrogen-bond donors (Lipinski definition) is 2. The van der Waals surface area contributed by atoms with E-state index in [0.717, 1.165) is 24.3 Å². The third-order valence-electron chi connectivity index (χ3n) is 2.45. The lowest BCUT2D eigenvalue weighted by atomic mass is 10.1. The summed E-state index contributed by atoms with van der Waals surface area (Å²) in [6.07, 6.45) is 2.68. The van der Waals surface area contributed by atoms with Crippen molar-refractivity contribution in [3.8, 4) is 0 Å². The van der Waals surface area contributed by atoms with Crippen molar-refractivity contribution in [3.63, 3.8) is 0 Å². The van der Waals surface area contributed by atoms with Gasteiger partial charge in [0.15, 0.2) is 0 Å². The van der Waals surface area contributed by atoms with Crippen LogP contribution in [0.1, 0.15) is 23.7 Å². The third kappa shape index (κ3) is 4.70. The summed E-state index contributed by atoms with van der Waals surface area (Å²) in [5.41, 5.74) is -0.180. The number of carbonyl (C=O) groups is 1. The predicted octanol–water partition coefficient (Wildman–Crippen LogP) is 2.88. The second kappa shape index (κ2) is 7.99. The predicted molar refractivity (Wildman–Crippen MR) is 75.9 cm³/mol. The molecule has 0 saturated heterocycles. The van der Waals surface area contributed by atoms with Crippen LogP contribution in [0.5, 0.6) is 0 Å². The molecule has 0 bridgehead atoms. The van der Waals surface area contributed by atoms with Crippen molar-refractivity contribution in [2.75, 3.05) is 30.4 Å². The Balaban J connectivity index is 2.79. The Morgan fingerprint density at radius 2 is 1.89 bits per heavy atom. The van der Waals surface area contributed by atoms with E-state index in [9.17, 15) is 13.6 Å². The van der Waals surface area contributed by atoms with Gasteiger partial charge in [-0.05, 0) is 24.8 Å². The molecular weight excluding hydrogens is 270 g/mol. The number of halogens is 2. The van der Waals surface area contributed by atoms with E-state index >= 15 is 0 Å². The summed E-state index contributed by atoms with van der Waals surface area (Å²) in [7, 11) is 0. The normalized spacial score (nSPS) is 10.3. The molecule has 0 saturated carbocycles. The molecule has 0 radical (unpaired) electrons. The fourth-order valence-corrected chi connectivity index (χ4v) is 1.80. The molecule has 2 N–H and O–H groups in total. The Morgan fingerprint density at radius 3 is 2.42 bits per heavy atom. The number of benzene rings is 1. The van der Waals surface area contributed by atoms with Gasteiger partial charge in [0.25, 0.3) is 5.91 Å². The smallest absolute Gasteiger partial charge is 0.251 e. The lowest BCUT2D eigenvalue weighted by Crippen LogP contribution is -2.26. The van der Waals surface area contributed by atoms with Crippen LogP contribution in [0.15, 0.2) is 12.1 Å². The van der Waals surface area contributed by atoms with Crippen molar-refractivity contribution in [1.29, 1.82) is 0 Å². The third-order valence-corrected chi connectivity index (χ3v) is 3.06. The molecular formula is C13H18F2N2OS. The Kier molecular flexibility index (Phi) is 6.62. The molecule has 0 aromatic heterocycles. The number of anilines is 1. The van der Waals surface area contributed by atoms with Crippen molar-refractivity contribution >= 4 is 23.4 Å². The number of nitrogens with one attached hydrogen (secondary N) is 2. The maximum Gasteiger partial charge on any atom is 0.251 e. The Hall–Kier alpha value is -1.30. The van der Waals surface area contributed by atoms with Gasteiger partial charge < -0.3 is 10.6 Å². The van der Waals surface area contributed by atoms with Crippen molar-refractivity contribution in [1.82, 2.24) is 5.32 Å². The molecule has 0 atom stereocenters. The van der Waals surface area contributed by atoms with Gasteiger partial charge in [-0.15, -0.1) is 0 Å². The van der Waals surface area contributed by atoms with E-state index < -0.39 is 17.5 Å². The SMILES string of the molecule is CCCNc1c(F)cc(C(=O)NCCSC)cc1F. The van der Waals surface area contributed by atoms with Crippen LogP contribution in [-0.4, -0.2) is 31.0 Å². The standard InChI is InChI=1S/C13H18F2N2OS/c1-3-4-16-12-10(14)7-9(8-11(12)15)13(18)17-5-6-19-2/h7-8,16H,3-6H2,1-2H3,(H,17,18). The van der Waals surface area contributed by atoms with E-state index in [1.54, 1.807) is 11.8 Å². The molecule has 6 heteroatoms. The first-order chi connectivity index (χ1) is 9.10. The molecule has 1 amide bonds. The average Bonchev–Trinajstić information content (AvgIpc) is 2.38. The summed E-state index contributed by atoms with van der Waals surface area (Å²) in [5.74, 6) is -1.20. The first-order valence-electron chi connectivity index (χ1n) is 6.10. The molecule has 0 aliphatic rings. The minimum absolute atomic E-state index is 0.00171. The molecule has 106 valence electrons. The zero-order chi connectivity index (χ0) is 14.3. The number of hydrogen-bond acceptors (Lipinski definition) is 3. The lowest BCUT2D eigenvalue weighted by Gasteiger charge is -2.10. The van der Waals surface area contributed by atoms with Crippen LogP contribution < -0.4 is 10.6 Å². The lowest BCUT2D eigenvalue weighted by molar-refractivity contribution is 0.0955. The van der Waals surface area contributed by atoms with Crippen LogP contribution in [0.25, 0.3) is 0 Å². The molecule has 0 aliphatic carbocycles. The summed E-state index contributed by atoms with van der Waals surface area (Å²) in [6, 6.07) is 2.10. The van der Waals surface area contributed by atoms with Crippen LogP contribution in [0.2, 0.25) is 0 Å². The minimum atomic E-state index is -0.747. The Morgan fingerprint density at radius 1 is 1.26 bits per heavy atom. The average molecular weight is 288 g/mol. The van der Waals surface area contributed by atoms with Gasteiger partial charge in [0, 0.05) is 24.4 Å². The molecule has 1 aromatic rings. The minimum Gasteiger partial charge on any atom is -0.380 e. The first kappa shape index (κ1) is 15.8. The summed E-state index contributed by atoms with van der Waals surface area (Å²) in [6.45, 7) is 2.85. The van der Waals surface area contributed by atoms with E-state index in [0.29, 0.717) is 13.1 Å². The van der Waals surface area contributed by atoms with Crippen molar-refractivity contribution in [3.05, 3.63) is 29.3 Å². The zero-order valence-corrected chi connectivity index (χ0v) is 11.9. The molecule has 0 fully saturated rings. The van der Waals surface area contributed by atoms with E-state index in [2.05, 4.69) is 10.6 Å². The van der Waals surface area contributed by atoms with E-state index in [4.69, 9.17) is 0 Å². The Labute approximate surface area is 116 Å². The highest BCUT2D eigenvalue weighted by atomic mass is 32.2. The molecule has 19 heavy (non-hydrogen) atoms. The van der Waals surface area contributed by atoms with E-state index in [-0.39, 0.29) is 11.3 Å². The summed E-state index contributed by atoms with van der Waals surface area (Å²) in [5, 5.41) is 5.27. The topological polar surface area (TPSA) is 41.1 Å². The second-order valence-corrected chi connectivity index (χ2v) is 4.98. The molecule has 3 nitrogen and oxygen atoms in total. The van der Waals surface area contributed by atoms with Gasteiger partial charge in [-0.25, -0.2) is 8.78 Å². The largest absolute Gasteiger partial charge is 0.380 e. The van der Waals surface area contributed by atoms with Crippen LogP contribution >= 0.6 is 11.8 Å². The molecule has 0 unspecified atom stereocenters. The summed E-state index contributed by atoms with van der Waals surface area (Å²) >= 11 is 1.58. The van der Waals surface area contributed by atoms with Gasteiger partial charge in [0.1, 0.15) is 17.3 Å². The molecule has 0 spiro atoms. The summed E-state index contributed by atoms with van der Waals surface area (Å²) in [4.78, 5) is 11.7. The van der Waals surface area contributed by atoms with Crippen molar-refractivity contribution in [2.45, 2.75) is 13.3 Å². The van der Waals surface area contributed by atoms with Gasteiger partial charge in [0.05, 0.1) is 0 Å². The fourth-order valence-electron chi connectivity index (χ4n) is 1.49. The van der Waals surface area contributed by atoms with Crippen LogP contribution in [0.4, 0.5) is 14.5 Å². The molecule has 1 rings (SSSR count). The van der Waals surface area contributed by atoms with Gasteiger partial charge in [-0.3, -0.25) is 4.79 Å². The van der Waals surface area contributed by atoms with Crippen LogP contribution in [-0.2, 0) is 0 Å². The first-order valence-corrected chi connectivity index (χ1v) is 7.49. The van der Waals surface area contributed by atoms with Gasteiger partial charge in [-0.1, -0.05) is 6.92 Å². The Bertz CT molecular complexity index is 418. The molecule has 1 aromatic carbocycles. The highest BCUT2D eigenvalue weighted by molar-refractivity contribution is 7.98. The zero-order valence-electron chi connectivity index (χ0n) is 11.1. The van der Waals surface area contributed by atoms with Gasteiger partial charge in [-0.2, -0.15) is 11.8 Å². The van der Waals surface area contributed by atoms with Crippen molar-refractivity contribution in [2.24, 2.45) is 0 Å². The number of carbonyl (C=O) groups excluding carboxylic acids is 1. The van der Waals surface area contributed by atoms with Gasteiger partial charge >= 0.3 is 0 Å². The molecule has 0 aliphatic heterocycles. The second-order valence-electron chi connectivity index (χ2n) is 3.99. The van der Waals surface area contributed by atoms with Crippen LogP contribution in [0.3, 0.4) is 0 Å². The monoisotopic (exact) mass is 288 g/mol. The van der Waals surface area contributed by atoms with E-state index in [1.807, 2.05) is 13.2 Å². The number of amides is 1. The van der Waals surface area contributed by atoms with E-state index in [1.165, 1.54) is 0 Å². The fraction of sp³-hybridized carbons (Fsp3) is 0.462. The quantitative estimate of drug-likeness (QED) is 0.758.